The van der Waals surface area contributed by atoms with Crippen LogP contribution in [0.2, 0.25) is 0 Å². The minimum atomic E-state index is -1.02. The zero-order chi connectivity index (χ0) is 13.8. The summed E-state index contributed by atoms with van der Waals surface area (Å²) in [6.07, 6.45) is 1.76. The molecule has 5 heteroatoms. The largest absolute Gasteiger partial charge is 0.496 e. The van der Waals surface area contributed by atoms with Crippen LogP contribution in [0.1, 0.15) is 15.9 Å². The van der Waals surface area contributed by atoms with Crippen LogP contribution >= 0.6 is 0 Å². The van der Waals surface area contributed by atoms with Gasteiger partial charge in [0.05, 0.1) is 7.11 Å². The molecule has 5 nitrogen and oxygen atoms in total. The molecule has 2 aromatic rings. The van der Waals surface area contributed by atoms with Crippen molar-refractivity contribution in [3.8, 4) is 5.75 Å². The number of aromatic nitrogens is 1. The summed E-state index contributed by atoms with van der Waals surface area (Å²) in [7, 11) is 1.44. The highest BCUT2D eigenvalue weighted by Gasteiger charge is 2.11. The molecule has 1 aromatic carbocycles. The number of hydrogen-bond donors (Lipinski definition) is 2. The number of hydrogen-bond acceptors (Lipinski definition) is 4. The van der Waals surface area contributed by atoms with Crippen LogP contribution in [0.25, 0.3) is 0 Å². The van der Waals surface area contributed by atoms with E-state index < -0.39 is 5.97 Å². The van der Waals surface area contributed by atoms with Crippen molar-refractivity contribution in [2.75, 3.05) is 12.4 Å². The monoisotopic (exact) mass is 258 g/mol. The van der Waals surface area contributed by atoms with Gasteiger partial charge in [-0.3, -0.25) is 0 Å². The van der Waals surface area contributed by atoms with E-state index in [-0.39, 0.29) is 5.56 Å². The number of carbonyl (C=O) groups is 1. The molecule has 0 atom stereocenters. The normalized spacial score (nSPS) is 10.0. The molecule has 0 aliphatic rings. The van der Waals surface area contributed by atoms with E-state index in [0.717, 1.165) is 11.3 Å². The van der Waals surface area contributed by atoms with E-state index in [0.29, 0.717) is 11.6 Å². The molecule has 1 aromatic heterocycles. The fourth-order valence-corrected chi connectivity index (χ4v) is 1.64. The lowest BCUT2D eigenvalue weighted by Gasteiger charge is -2.09. The van der Waals surface area contributed by atoms with Crippen molar-refractivity contribution in [1.29, 1.82) is 0 Å². The zero-order valence-electron chi connectivity index (χ0n) is 10.7. The van der Waals surface area contributed by atoms with Gasteiger partial charge in [0.1, 0.15) is 17.1 Å². The van der Waals surface area contributed by atoms with E-state index in [1.165, 1.54) is 13.2 Å². The Labute approximate surface area is 110 Å². The van der Waals surface area contributed by atoms with Gasteiger partial charge in [-0.2, -0.15) is 0 Å². The van der Waals surface area contributed by atoms with Crippen molar-refractivity contribution in [2.24, 2.45) is 0 Å². The smallest absolute Gasteiger partial charge is 0.339 e. The lowest BCUT2D eigenvalue weighted by molar-refractivity contribution is 0.0693. The van der Waals surface area contributed by atoms with Crippen LogP contribution in [0.5, 0.6) is 5.75 Å². The maximum atomic E-state index is 11.0. The Morgan fingerprint density at radius 2 is 2.11 bits per heavy atom. The SMILES string of the molecule is COc1cc(Nc2ccc(C)cn2)ccc1C(=O)O. The molecule has 0 saturated carbocycles. The molecule has 0 unspecified atom stereocenters. The molecule has 0 spiro atoms. The Balaban J connectivity index is 2.26. The maximum absolute atomic E-state index is 11.0. The number of benzene rings is 1. The lowest BCUT2D eigenvalue weighted by Crippen LogP contribution is -2.01. The third-order valence-corrected chi connectivity index (χ3v) is 2.62. The number of anilines is 2. The zero-order valence-corrected chi connectivity index (χ0v) is 10.7. The number of ether oxygens (including phenoxy) is 1. The van der Waals surface area contributed by atoms with Crippen LogP contribution < -0.4 is 10.1 Å². The van der Waals surface area contributed by atoms with E-state index in [4.69, 9.17) is 9.84 Å². The highest BCUT2D eigenvalue weighted by atomic mass is 16.5. The summed E-state index contributed by atoms with van der Waals surface area (Å²) in [5.41, 5.74) is 1.92. The van der Waals surface area contributed by atoms with Crippen molar-refractivity contribution in [3.05, 3.63) is 47.7 Å². The van der Waals surface area contributed by atoms with Gasteiger partial charge < -0.3 is 15.2 Å². The van der Waals surface area contributed by atoms with Crippen molar-refractivity contribution in [1.82, 2.24) is 4.98 Å². The molecule has 1 heterocycles. The fraction of sp³-hybridized carbons (Fsp3) is 0.143. The van der Waals surface area contributed by atoms with E-state index >= 15 is 0 Å². The average Bonchev–Trinajstić information content (AvgIpc) is 2.41. The molecular formula is C14H14N2O3. The number of pyridine rings is 1. The minimum Gasteiger partial charge on any atom is -0.496 e. The molecule has 2 rings (SSSR count). The number of nitrogens with one attached hydrogen (secondary N) is 1. The van der Waals surface area contributed by atoms with Gasteiger partial charge in [0, 0.05) is 18.0 Å². The Morgan fingerprint density at radius 3 is 2.68 bits per heavy atom. The van der Waals surface area contributed by atoms with Crippen molar-refractivity contribution < 1.29 is 14.6 Å². The number of aryl methyl sites for hydroxylation is 1. The molecule has 98 valence electrons. The van der Waals surface area contributed by atoms with E-state index in [1.807, 2.05) is 19.1 Å². The second kappa shape index (κ2) is 5.39. The Morgan fingerprint density at radius 1 is 1.32 bits per heavy atom. The summed E-state index contributed by atoms with van der Waals surface area (Å²) in [6.45, 7) is 1.96. The summed E-state index contributed by atoms with van der Waals surface area (Å²) in [5, 5.41) is 12.1. The Hall–Kier alpha value is -2.56. The number of nitrogens with zero attached hydrogens (tertiary/aromatic N) is 1. The van der Waals surface area contributed by atoms with Gasteiger partial charge in [0.25, 0.3) is 0 Å². The van der Waals surface area contributed by atoms with Gasteiger partial charge in [-0.25, -0.2) is 9.78 Å². The molecular weight excluding hydrogens is 244 g/mol. The van der Waals surface area contributed by atoms with Gasteiger partial charge in [-0.15, -0.1) is 0 Å². The second-order valence-electron chi connectivity index (χ2n) is 4.07. The first-order valence-electron chi connectivity index (χ1n) is 5.71. The summed E-state index contributed by atoms with van der Waals surface area (Å²) in [4.78, 5) is 15.2. The Bertz CT molecular complexity index is 594. The molecule has 2 N–H and O–H groups in total. The molecule has 0 saturated heterocycles. The molecule has 0 bridgehead atoms. The van der Waals surface area contributed by atoms with Gasteiger partial charge in [0.15, 0.2) is 0 Å². The summed E-state index contributed by atoms with van der Waals surface area (Å²) in [5.74, 6) is -0.0165. The molecule has 0 amide bonds. The predicted octanol–water partition coefficient (Wildman–Crippen LogP) is 2.84. The molecule has 0 fully saturated rings. The van der Waals surface area contributed by atoms with Gasteiger partial charge >= 0.3 is 5.97 Å². The second-order valence-corrected chi connectivity index (χ2v) is 4.07. The maximum Gasteiger partial charge on any atom is 0.339 e. The molecule has 0 radical (unpaired) electrons. The van der Waals surface area contributed by atoms with Crippen LogP contribution in [0, 0.1) is 6.92 Å². The van der Waals surface area contributed by atoms with E-state index in [2.05, 4.69) is 10.3 Å². The number of rotatable bonds is 4. The first-order chi connectivity index (χ1) is 9.10. The first kappa shape index (κ1) is 12.9. The summed E-state index contributed by atoms with van der Waals surface area (Å²) < 4.78 is 5.06. The van der Waals surface area contributed by atoms with Crippen LogP contribution in [0.15, 0.2) is 36.5 Å². The van der Waals surface area contributed by atoms with Crippen LogP contribution in [-0.2, 0) is 0 Å². The third-order valence-electron chi connectivity index (χ3n) is 2.62. The number of carboxylic acid groups (broad SMARTS) is 1. The predicted molar refractivity (Wildman–Crippen MR) is 72.2 cm³/mol. The summed E-state index contributed by atoms with van der Waals surface area (Å²) in [6, 6.07) is 8.60. The Kier molecular flexibility index (Phi) is 3.66. The van der Waals surface area contributed by atoms with Crippen LogP contribution in [-0.4, -0.2) is 23.2 Å². The van der Waals surface area contributed by atoms with Gasteiger partial charge in [-0.05, 0) is 30.7 Å². The lowest BCUT2D eigenvalue weighted by atomic mass is 10.2. The number of carboxylic acids is 1. The standard InChI is InChI=1S/C14H14N2O3/c1-9-3-6-13(15-8-9)16-10-4-5-11(14(17)18)12(7-10)19-2/h3-8H,1-2H3,(H,15,16)(H,17,18). The van der Waals surface area contributed by atoms with Crippen LogP contribution in [0.4, 0.5) is 11.5 Å². The number of methoxy groups -OCH3 is 1. The van der Waals surface area contributed by atoms with Gasteiger partial charge in [-0.1, -0.05) is 6.07 Å². The van der Waals surface area contributed by atoms with Crippen molar-refractivity contribution in [3.63, 3.8) is 0 Å². The van der Waals surface area contributed by atoms with E-state index in [9.17, 15) is 4.79 Å². The minimum absolute atomic E-state index is 0.130. The highest BCUT2D eigenvalue weighted by Crippen LogP contribution is 2.25. The quantitative estimate of drug-likeness (QED) is 0.882. The van der Waals surface area contributed by atoms with Gasteiger partial charge in [0.2, 0.25) is 0 Å². The molecule has 0 aliphatic heterocycles. The first-order valence-corrected chi connectivity index (χ1v) is 5.71. The third kappa shape index (κ3) is 3.01. The average molecular weight is 258 g/mol. The van der Waals surface area contributed by atoms with Crippen molar-refractivity contribution >= 4 is 17.5 Å². The topological polar surface area (TPSA) is 71.5 Å². The molecule has 19 heavy (non-hydrogen) atoms. The summed E-state index contributed by atoms with van der Waals surface area (Å²) >= 11 is 0. The molecule has 0 aliphatic carbocycles. The number of aromatic carboxylic acids is 1. The van der Waals surface area contributed by atoms with E-state index in [1.54, 1.807) is 18.3 Å². The van der Waals surface area contributed by atoms with Crippen molar-refractivity contribution in [2.45, 2.75) is 6.92 Å². The van der Waals surface area contributed by atoms with Crippen LogP contribution in [0.3, 0.4) is 0 Å². The fourth-order valence-electron chi connectivity index (χ4n) is 1.64. The highest BCUT2D eigenvalue weighted by molar-refractivity contribution is 5.91.